The minimum Gasteiger partial charge on any atom is -0.456 e. The molecule has 0 spiro atoms. The zero-order chi connectivity index (χ0) is 36.9. The van der Waals surface area contributed by atoms with E-state index < -0.39 is 17.1 Å². The highest BCUT2D eigenvalue weighted by atomic mass is 16.6. The number of allylic oxidation sites excluding steroid dienone is 3. The van der Waals surface area contributed by atoms with Gasteiger partial charge < -0.3 is 15.2 Å². The Morgan fingerprint density at radius 1 is 0.922 bits per heavy atom. The van der Waals surface area contributed by atoms with E-state index in [4.69, 9.17) is 4.74 Å². The molecule has 51 heavy (non-hydrogen) atoms. The molecule has 7 rings (SSSR count). The molecule has 0 amide bonds. The number of rotatable bonds is 8. The van der Waals surface area contributed by atoms with Crippen molar-refractivity contribution in [2.24, 2.45) is 56.7 Å². The van der Waals surface area contributed by atoms with Crippen LogP contribution in [0.25, 0.3) is 5.57 Å². The summed E-state index contributed by atoms with van der Waals surface area (Å²) < 4.78 is 5.64. The first-order chi connectivity index (χ1) is 23.8. The highest BCUT2D eigenvalue weighted by Gasteiger charge is 2.70. The van der Waals surface area contributed by atoms with Gasteiger partial charge in [0.05, 0.1) is 11.7 Å². The minimum absolute atomic E-state index is 0.00990. The normalized spacial score (nSPS) is 38.0. The van der Waals surface area contributed by atoms with Gasteiger partial charge in [-0.05, 0) is 165 Å². The van der Waals surface area contributed by atoms with Crippen molar-refractivity contribution >= 4 is 17.3 Å². The van der Waals surface area contributed by atoms with Crippen LogP contribution in [0.3, 0.4) is 0 Å². The number of benzene rings is 1. The summed E-state index contributed by atoms with van der Waals surface area (Å²) in [6, 6.07) is 8.13. The van der Waals surface area contributed by atoms with E-state index in [2.05, 4.69) is 72.0 Å². The third kappa shape index (κ3) is 5.76. The fraction of sp³-hybridized carbons (Fsp3) is 0.739. The molecule has 0 heterocycles. The molecular weight excluding hydrogens is 631 g/mol. The van der Waals surface area contributed by atoms with E-state index in [1.807, 2.05) is 32.9 Å². The quantitative estimate of drug-likeness (QED) is 0.265. The van der Waals surface area contributed by atoms with Crippen LogP contribution in [0.4, 0.5) is 0 Å². The van der Waals surface area contributed by atoms with E-state index >= 15 is 0 Å². The van der Waals surface area contributed by atoms with Gasteiger partial charge in [0.15, 0.2) is 5.78 Å². The number of ketones is 1. The maximum atomic E-state index is 14.0. The van der Waals surface area contributed by atoms with E-state index in [1.165, 1.54) is 48.8 Å². The molecular formula is C46H67NO4. The summed E-state index contributed by atoms with van der Waals surface area (Å²) >= 11 is 0. The Kier molecular flexibility index (Phi) is 9.02. The molecule has 6 aliphatic carbocycles. The average Bonchev–Trinajstić information content (AvgIpc) is 3.80. The molecule has 5 nitrogen and oxygen atoms in total. The van der Waals surface area contributed by atoms with Crippen LogP contribution in [0.15, 0.2) is 41.5 Å². The number of hydrogen-bond acceptors (Lipinski definition) is 5. The average molecular weight is 698 g/mol. The summed E-state index contributed by atoms with van der Waals surface area (Å²) in [6.07, 6.45) is 12.9. The molecule has 0 saturated heterocycles. The van der Waals surface area contributed by atoms with Crippen molar-refractivity contribution in [1.29, 1.82) is 0 Å². The monoisotopic (exact) mass is 698 g/mol. The van der Waals surface area contributed by atoms with Crippen molar-refractivity contribution in [3.63, 3.8) is 0 Å². The second kappa shape index (κ2) is 12.4. The van der Waals surface area contributed by atoms with Crippen LogP contribution in [0.1, 0.15) is 149 Å². The fourth-order valence-electron chi connectivity index (χ4n) is 13.3. The SMILES string of the molecule is CC(C)C1=C2[C@H]3CC[C@@H]4[C@@]5(C)CC=C(c6ccc(C(=O)OC(C)(C)C)cc6)C(C)(C)[C@@H]5CC[C@@]4(C)[C@]3(C)CC[C@@]2([C@@H](O)CNCC2CC2)CC1=O. The number of nitrogens with one attached hydrogen (secondary N) is 1. The van der Waals surface area contributed by atoms with Crippen LogP contribution >= 0.6 is 0 Å². The van der Waals surface area contributed by atoms with Crippen molar-refractivity contribution in [3.05, 3.63) is 52.6 Å². The summed E-state index contributed by atoms with van der Waals surface area (Å²) in [6.45, 7) is 24.5. The second-order valence-electron chi connectivity index (χ2n) is 20.6. The minimum atomic E-state index is -0.518. The molecule has 280 valence electrons. The van der Waals surface area contributed by atoms with E-state index in [9.17, 15) is 14.7 Å². The maximum absolute atomic E-state index is 14.0. The van der Waals surface area contributed by atoms with Crippen LogP contribution < -0.4 is 5.32 Å². The van der Waals surface area contributed by atoms with Gasteiger partial charge in [-0.25, -0.2) is 4.79 Å². The van der Waals surface area contributed by atoms with Crippen LogP contribution in [0.2, 0.25) is 0 Å². The third-order valence-electron chi connectivity index (χ3n) is 16.0. The number of fused-ring (bicyclic) bond motifs is 7. The molecule has 1 aromatic rings. The Labute approximate surface area is 308 Å². The molecule has 1 aromatic carbocycles. The maximum Gasteiger partial charge on any atom is 0.338 e. The number of carbonyl (C=O) groups is 2. The van der Waals surface area contributed by atoms with Crippen LogP contribution in [0.5, 0.6) is 0 Å². The lowest BCUT2D eigenvalue weighted by molar-refractivity contribution is -0.200. The summed E-state index contributed by atoms with van der Waals surface area (Å²) in [5, 5.41) is 15.6. The number of aliphatic hydroxyl groups is 1. The largest absolute Gasteiger partial charge is 0.456 e. The van der Waals surface area contributed by atoms with Crippen molar-refractivity contribution < 1.29 is 19.4 Å². The fourth-order valence-corrected chi connectivity index (χ4v) is 13.3. The Morgan fingerprint density at radius 2 is 1.61 bits per heavy atom. The lowest BCUT2D eigenvalue weighted by Crippen LogP contribution is -2.64. The Bertz CT molecular complexity index is 1620. The zero-order valence-electron chi connectivity index (χ0n) is 33.5. The Morgan fingerprint density at radius 3 is 2.24 bits per heavy atom. The third-order valence-corrected chi connectivity index (χ3v) is 16.0. The van der Waals surface area contributed by atoms with Gasteiger partial charge in [-0.2, -0.15) is 0 Å². The highest BCUT2D eigenvalue weighted by molar-refractivity contribution is 6.00. The molecule has 0 bridgehead atoms. The number of carbonyl (C=O) groups excluding carboxylic acids is 2. The summed E-state index contributed by atoms with van der Waals surface area (Å²) in [5.41, 5.74) is 5.14. The Hall–Kier alpha value is -2.24. The molecule has 0 radical (unpaired) electrons. The molecule has 4 saturated carbocycles. The number of hydrogen-bond donors (Lipinski definition) is 2. The van der Waals surface area contributed by atoms with Gasteiger partial charge in [0.1, 0.15) is 5.60 Å². The van der Waals surface area contributed by atoms with E-state index in [0.717, 1.165) is 43.7 Å². The van der Waals surface area contributed by atoms with Gasteiger partial charge in [0.2, 0.25) is 0 Å². The van der Waals surface area contributed by atoms with E-state index in [0.29, 0.717) is 42.1 Å². The van der Waals surface area contributed by atoms with Gasteiger partial charge >= 0.3 is 5.97 Å². The standard InChI is InChI=1S/C46H67NO4/c1-28(2)38-34(48)25-46(37(49)27-47-26-29-11-12-29)24-23-44(9)33(39(38)46)17-18-36-43(8)21-19-32(42(6,7)35(43)20-22-45(36,44)10)30-13-15-31(16-14-30)40(50)51-41(3,4)5/h13-16,19,28-29,33,35-37,47,49H,11-12,17-18,20-27H2,1-10H3/t33-,35+,36-,37+,43+,44-,45-,46+/m1/s1. The summed E-state index contributed by atoms with van der Waals surface area (Å²) in [7, 11) is 0. The first-order valence-corrected chi connectivity index (χ1v) is 20.5. The lowest BCUT2D eigenvalue weighted by Gasteiger charge is -2.71. The first kappa shape index (κ1) is 37.1. The van der Waals surface area contributed by atoms with Crippen molar-refractivity contribution in [3.8, 4) is 0 Å². The lowest BCUT2D eigenvalue weighted by atomic mass is 9.33. The molecule has 4 fully saturated rings. The van der Waals surface area contributed by atoms with Gasteiger partial charge in [0.25, 0.3) is 0 Å². The molecule has 0 aliphatic heterocycles. The molecule has 0 unspecified atom stereocenters. The van der Waals surface area contributed by atoms with Gasteiger partial charge in [-0.1, -0.05) is 72.2 Å². The van der Waals surface area contributed by atoms with Crippen LogP contribution in [-0.4, -0.2) is 41.7 Å². The number of Topliss-reactive ketones (excluding diaryl/α,β-unsaturated/α-hetero) is 1. The van der Waals surface area contributed by atoms with Gasteiger partial charge in [0, 0.05) is 18.4 Å². The van der Waals surface area contributed by atoms with Crippen LogP contribution in [-0.2, 0) is 9.53 Å². The summed E-state index contributed by atoms with van der Waals surface area (Å²) in [5.74, 6) is 2.47. The molecule has 5 heteroatoms. The second-order valence-corrected chi connectivity index (χ2v) is 20.6. The number of ether oxygens (including phenoxy) is 1. The first-order valence-electron chi connectivity index (χ1n) is 20.5. The van der Waals surface area contributed by atoms with Gasteiger partial charge in [-0.15, -0.1) is 0 Å². The van der Waals surface area contributed by atoms with E-state index in [1.54, 1.807) is 0 Å². The predicted molar refractivity (Wildman–Crippen MR) is 206 cm³/mol. The molecule has 8 atom stereocenters. The van der Waals surface area contributed by atoms with Crippen molar-refractivity contribution in [2.45, 2.75) is 145 Å². The predicted octanol–water partition coefficient (Wildman–Crippen LogP) is 9.98. The van der Waals surface area contributed by atoms with Gasteiger partial charge in [-0.3, -0.25) is 4.79 Å². The molecule has 6 aliphatic rings. The van der Waals surface area contributed by atoms with Crippen molar-refractivity contribution in [2.75, 3.05) is 13.1 Å². The number of esters is 1. The smallest absolute Gasteiger partial charge is 0.338 e. The van der Waals surface area contributed by atoms with E-state index in [-0.39, 0.29) is 33.5 Å². The Balaban J connectivity index is 1.19. The molecule has 0 aromatic heterocycles. The molecule has 2 N–H and O–H groups in total. The summed E-state index contributed by atoms with van der Waals surface area (Å²) in [4.78, 5) is 26.7. The van der Waals surface area contributed by atoms with Crippen LogP contribution in [0, 0.1) is 56.7 Å². The number of aliphatic hydroxyl groups excluding tert-OH is 1. The highest BCUT2D eigenvalue weighted by Crippen LogP contribution is 2.77. The zero-order valence-corrected chi connectivity index (χ0v) is 33.5. The topological polar surface area (TPSA) is 75.6 Å². The van der Waals surface area contributed by atoms with Crippen molar-refractivity contribution in [1.82, 2.24) is 5.32 Å².